The summed E-state index contributed by atoms with van der Waals surface area (Å²) in [5.41, 5.74) is 1.13. The highest BCUT2D eigenvalue weighted by Crippen LogP contribution is 2.25. The quantitative estimate of drug-likeness (QED) is 0.848. The van der Waals surface area contributed by atoms with Gasteiger partial charge in [0.25, 0.3) is 0 Å². The van der Waals surface area contributed by atoms with Crippen molar-refractivity contribution < 1.29 is 9.84 Å². The smallest absolute Gasteiger partial charge is 0.124 e. The van der Waals surface area contributed by atoms with Gasteiger partial charge >= 0.3 is 0 Å². The van der Waals surface area contributed by atoms with Gasteiger partial charge in [-0.15, -0.1) is 0 Å². The number of halogens is 1. The average molecular weight is 300 g/mol. The van der Waals surface area contributed by atoms with Gasteiger partial charge in [0, 0.05) is 22.6 Å². The van der Waals surface area contributed by atoms with Gasteiger partial charge < -0.3 is 15.2 Å². The van der Waals surface area contributed by atoms with Crippen molar-refractivity contribution in [2.45, 2.75) is 38.5 Å². The molecule has 1 atom stereocenters. The zero-order chi connectivity index (χ0) is 12.3. The lowest BCUT2D eigenvalue weighted by Gasteiger charge is -2.13. The third-order valence-corrected chi connectivity index (χ3v) is 3.15. The van der Waals surface area contributed by atoms with E-state index in [1.54, 1.807) is 6.92 Å². The van der Waals surface area contributed by atoms with E-state index < -0.39 is 6.10 Å². The number of nitrogens with one attached hydrogen (secondary N) is 1. The second-order valence-electron chi connectivity index (χ2n) is 4.57. The molecule has 2 rings (SSSR count). The van der Waals surface area contributed by atoms with Crippen LogP contribution in [0, 0.1) is 0 Å². The van der Waals surface area contributed by atoms with E-state index in [4.69, 9.17) is 4.74 Å². The minimum atomic E-state index is -0.442. The normalized spacial score (nSPS) is 16.9. The molecule has 3 nitrogen and oxygen atoms in total. The van der Waals surface area contributed by atoms with Gasteiger partial charge in [0.05, 0.1) is 6.10 Å². The molecule has 1 unspecified atom stereocenters. The zero-order valence-electron chi connectivity index (χ0n) is 9.95. The van der Waals surface area contributed by atoms with Gasteiger partial charge in [-0.25, -0.2) is 0 Å². The monoisotopic (exact) mass is 299 g/mol. The molecule has 4 heteroatoms. The zero-order valence-corrected chi connectivity index (χ0v) is 11.5. The van der Waals surface area contributed by atoms with Crippen molar-refractivity contribution in [1.82, 2.24) is 5.32 Å². The standard InChI is InChI=1S/C13H18BrNO2/c1-9(16)8-17-13-5-2-11(14)6-10(13)7-15-12-3-4-12/h2,5-6,9,12,15-16H,3-4,7-8H2,1H3. The SMILES string of the molecule is CC(O)COc1ccc(Br)cc1CNC1CC1. The van der Waals surface area contributed by atoms with E-state index in [9.17, 15) is 5.11 Å². The van der Waals surface area contributed by atoms with Crippen LogP contribution in [-0.2, 0) is 6.54 Å². The molecule has 0 aliphatic heterocycles. The fourth-order valence-electron chi connectivity index (χ4n) is 1.58. The molecular weight excluding hydrogens is 282 g/mol. The summed E-state index contributed by atoms with van der Waals surface area (Å²) >= 11 is 3.47. The van der Waals surface area contributed by atoms with Gasteiger partial charge in [-0.2, -0.15) is 0 Å². The summed E-state index contributed by atoms with van der Waals surface area (Å²) < 4.78 is 6.65. The van der Waals surface area contributed by atoms with Crippen LogP contribution in [0.1, 0.15) is 25.3 Å². The summed E-state index contributed by atoms with van der Waals surface area (Å²) in [4.78, 5) is 0. The van der Waals surface area contributed by atoms with Crippen LogP contribution in [0.2, 0.25) is 0 Å². The van der Waals surface area contributed by atoms with Crippen molar-refractivity contribution in [3.63, 3.8) is 0 Å². The van der Waals surface area contributed by atoms with E-state index in [-0.39, 0.29) is 0 Å². The van der Waals surface area contributed by atoms with E-state index >= 15 is 0 Å². The fraction of sp³-hybridized carbons (Fsp3) is 0.538. The number of ether oxygens (including phenoxy) is 1. The molecule has 1 aromatic rings. The summed E-state index contributed by atoms with van der Waals surface area (Å²) in [5.74, 6) is 0.849. The maximum Gasteiger partial charge on any atom is 0.124 e. The van der Waals surface area contributed by atoms with Crippen LogP contribution in [-0.4, -0.2) is 23.9 Å². The summed E-state index contributed by atoms with van der Waals surface area (Å²) in [6.45, 7) is 2.87. The van der Waals surface area contributed by atoms with Gasteiger partial charge in [0.1, 0.15) is 12.4 Å². The van der Waals surface area contributed by atoms with Crippen molar-refractivity contribution in [1.29, 1.82) is 0 Å². The average Bonchev–Trinajstić information content (AvgIpc) is 3.08. The van der Waals surface area contributed by atoms with Gasteiger partial charge in [-0.3, -0.25) is 0 Å². The number of aliphatic hydroxyl groups is 1. The Balaban J connectivity index is 2.00. The number of hydrogen-bond acceptors (Lipinski definition) is 3. The maximum absolute atomic E-state index is 9.24. The molecule has 1 saturated carbocycles. The predicted molar refractivity (Wildman–Crippen MR) is 71.2 cm³/mol. The predicted octanol–water partition coefficient (Wildman–Crippen LogP) is 2.46. The van der Waals surface area contributed by atoms with Crippen molar-refractivity contribution >= 4 is 15.9 Å². The molecular formula is C13H18BrNO2. The van der Waals surface area contributed by atoms with Gasteiger partial charge in [-0.1, -0.05) is 15.9 Å². The van der Waals surface area contributed by atoms with Crippen LogP contribution in [0.4, 0.5) is 0 Å². The maximum atomic E-state index is 9.24. The first-order valence-electron chi connectivity index (χ1n) is 5.98. The number of benzene rings is 1. The summed E-state index contributed by atoms with van der Waals surface area (Å²) in [5, 5.41) is 12.7. The van der Waals surface area contributed by atoms with Crippen LogP contribution in [0.15, 0.2) is 22.7 Å². The molecule has 0 aromatic heterocycles. The van der Waals surface area contributed by atoms with E-state index in [0.717, 1.165) is 22.3 Å². The lowest BCUT2D eigenvalue weighted by atomic mass is 10.2. The second kappa shape index (κ2) is 5.85. The van der Waals surface area contributed by atoms with Gasteiger partial charge in [0.15, 0.2) is 0 Å². The van der Waals surface area contributed by atoms with Crippen LogP contribution >= 0.6 is 15.9 Å². The summed E-state index contributed by atoms with van der Waals surface area (Å²) in [7, 11) is 0. The van der Waals surface area contributed by atoms with Crippen molar-refractivity contribution in [3.8, 4) is 5.75 Å². The van der Waals surface area contributed by atoms with Crippen molar-refractivity contribution in [3.05, 3.63) is 28.2 Å². The van der Waals surface area contributed by atoms with Crippen LogP contribution in [0.25, 0.3) is 0 Å². The number of hydrogen-bond donors (Lipinski definition) is 2. The van der Waals surface area contributed by atoms with Crippen molar-refractivity contribution in [2.24, 2.45) is 0 Å². The summed E-state index contributed by atoms with van der Waals surface area (Å²) in [6.07, 6.45) is 2.11. The van der Waals surface area contributed by atoms with E-state index in [0.29, 0.717) is 12.6 Å². The molecule has 1 aliphatic rings. The Morgan fingerprint density at radius 3 is 2.94 bits per heavy atom. The molecule has 0 radical (unpaired) electrons. The van der Waals surface area contributed by atoms with E-state index in [2.05, 4.69) is 27.3 Å². The molecule has 0 heterocycles. The molecule has 1 aliphatic carbocycles. The third kappa shape index (κ3) is 4.30. The Bertz CT molecular complexity index is 378. The first-order valence-corrected chi connectivity index (χ1v) is 6.77. The van der Waals surface area contributed by atoms with Crippen LogP contribution in [0.3, 0.4) is 0 Å². The third-order valence-electron chi connectivity index (χ3n) is 2.66. The second-order valence-corrected chi connectivity index (χ2v) is 5.48. The molecule has 17 heavy (non-hydrogen) atoms. The lowest BCUT2D eigenvalue weighted by Crippen LogP contribution is -2.18. The largest absolute Gasteiger partial charge is 0.491 e. The molecule has 1 fully saturated rings. The summed E-state index contributed by atoms with van der Waals surface area (Å²) in [6, 6.07) is 6.64. The van der Waals surface area contributed by atoms with Crippen LogP contribution < -0.4 is 10.1 Å². The molecule has 0 bridgehead atoms. The lowest BCUT2D eigenvalue weighted by molar-refractivity contribution is 0.122. The molecule has 0 saturated heterocycles. The Morgan fingerprint density at radius 1 is 1.53 bits per heavy atom. The Kier molecular flexibility index (Phi) is 4.42. The molecule has 94 valence electrons. The molecule has 0 amide bonds. The van der Waals surface area contributed by atoms with Crippen LogP contribution in [0.5, 0.6) is 5.75 Å². The Hall–Kier alpha value is -0.580. The fourth-order valence-corrected chi connectivity index (χ4v) is 1.99. The topological polar surface area (TPSA) is 41.5 Å². The van der Waals surface area contributed by atoms with E-state index in [1.807, 2.05) is 12.1 Å². The highest BCUT2D eigenvalue weighted by atomic mass is 79.9. The Labute approximate surface area is 110 Å². The first-order chi connectivity index (χ1) is 8.15. The minimum absolute atomic E-state index is 0.331. The van der Waals surface area contributed by atoms with E-state index in [1.165, 1.54) is 12.8 Å². The van der Waals surface area contributed by atoms with Gasteiger partial charge in [-0.05, 0) is 38.0 Å². The first kappa shape index (κ1) is 12.9. The molecule has 1 aromatic carbocycles. The number of aliphatic hydroxyl groups excluding tert-OH is 1. The highest BCUT2D eigenvalue weighted by molar-refractivity contribution is 9.10. The van der Waals surface area contributed by atoms with Gasteiger partial charge in [0.2, 0.25) is 0 Å². The number of rotatable bonds is 6. The minimum Gasteiger partial charge on any atom is -0.491 e. The highest BCUT2D eigenvalue weighted by Gasteiger charge is 2.20. The Morgan fingerprint density at radius 2 is 2.29 bits per heavy atom. The molecule has 0 spiro atoms. The van der Waals surface area contributed by atoms with Crippen molar-refractivity contribution in [2.75, 3.05) is 6.61 Å². The molecule has 2 N–H and O–H groups in total.